The minimum atomic E-state index is -0.664. The van der Waals surface area contributed by atoms with Crippen molar-refractivity contribution in [3.63, 3.8) is 0 Å². The molecule has 2 amide bonds. The Hall–Kier alpha value is -1.16. The molecule has 4 nitrogen and oxygen atoms in total. The average Bonchev–Trinajstić information content (AvgIpc) is 2.18. The van der Waals surface area contributed by atoms with Crippen LogP contribution in [0.1, 0.15) is 6.92 Å². The average molecular weight is 155 g/mol. The highest BCUT2D eigenvalue weighted by molar-refractivity contribution is 6.12. The molecule has 0 fully saturated rings. The van der Waals surface area contributed by atoms with Crippen molar-refractivity contribution in [3.05, 3.63) is 12.2 Å². The molecule has 60 valence electrons. The second-order valence-electron chi connectivity index (χ2n) is 2.47. The van der Waals surface area contributed by atoms with Crippen molar-refractivity contribution in [2.45, 2.75) is 13.0 Å². The van der Waals surface area contributed by atoms with Gasteiger partial charge in [-0.05, 0) is 6.92 Å². The Morgan fingerprint density at radius 1 is 1.45 bits per heavy atom. The normalized spacial score (nSPS) is 19.6. The number of rotatable bonds is 2. The van der Waals surface area contributed by atoms with Gasteiger partial charge < -0.3 is 5.11 Å². The van der Waals surface area contributed by atoms with Crippen LogP contribution in [0.2, 0.25) is 0 Å². The van der Waals surface area contributed by atoms with Gasteiger partial charge in [-0.1, -0.05) is 0 Å². The van der Waals surface area contributed by atoms with Crippen molar-refractivity contribution < 1.29 is 14.7 Å². The zero-order chi connectivity index (χ0) is 8.43. The van der Waals surface area contributed by atoms with Gasteiger partial charge in [0.05, 0.1) is 12.6 Å². The Kier molecular flexibility index (Phi) is 2.05. The molecule has 1 rings (SSSR count). The molecule has 1 N–H and O–H groups in total. The molecule has 0 spiro atoms. The molecule has 4 heteroatoms. The van der Waals surface area contributed by atoms with Crippen LogP contribution in [0.25, 0.3) is 0 Å². The van der Waals surface area contributed by atoms with Gasteiger partial charge in [0, 0.05) is 12.2 Å². The van der Waals surface area contributed by atoms with E-state index in [1.165, 1.54) is 19.1 Å². The number of imide groups is 1. The van der Waals surface area contributed by atoms with Crippen molar-refractivity contribution >= 4 is 11.8 Å². The van der Waals surface area contributed by atoms with E-state index in [1.54, 1.807) is 0 Å². The van der Waals surface area contributed by atoms with Crippen LogP contribution >= 0.6 is 0 Å². The number of aliphatic hydroxyl groups is 1. The van der Waals surface area contributed by atoms with Gasteiger partial charge in [-0.25, -0.2) is 0 Å². The fourth-order valence-electron chi connectivity index (χ4n) is 0.875. The maximum atomic E-state index is 10.8. The lowest BCUT2D eigenvalue weighted by molar-refractivity contribution is -0.138. The summed E-state index contributed by atoms with van der Waals surface area (Å²) in [6.07, 6.45) is 1.73. The molecule has 0 saturated carbocycles. The summed E-state index contributed by atoms with van der Waals surface area (Å²) < 4.78 is 0. The molecule has 0 aromatic rings. The third kappa shape index (κ3) is 1.65. The summed E-state index contributed by atoms with van der Waals surface area (Å²) in [6.45, 7) is 1.60. The molecule has 0 bridgehead atoms. The quantitative estimate of drug-likeness (QED) is 0.536. The number of β-amino-alcohol motifs (C(OH)–C–C–N with tert-alkyl or cyclic N) is 1. The lowest BCUT2D eigenvalue weighted by atomic mass is 10.4. The van der Waals surface area contributed by atoms with E-state index in [0.717, 1.165) is 4.90 Å². The molecule has 1 aliphatic heterocycles. The molecule has 1 heterocycles. The van der Waals surface area contributed by atoms with E-state index in [0.29, 0.717) is 0 Å². The Morgan fingerprint density at radius 3 is 2.27 bits per heavy atom. The summed E-state index contributed by atoms with van der Waals surface area (Å²) in [5.74, 6) is -0.702. The van der Waals surface area contributed by atoms with Crippen LogP contribution in [-0.4, -0.2) is 34.5 Å². The molecule has 0 radical (unpaired) electrons. The number of nitrogens with zero attached hydrogens (tertiary/aromatic N) is 1. The summed E-state index contributed by atoms with van der Waals surface area (Å²) in [5.41, 5.74) is 0. The highest BCUT2D eigenvalue weighted by Crippen LogP contribution is 2.03. The predicted molar refractivity (Wildman–Crippen MR) is 37.5 cm³/mol. The maximum absolute atomic E-state index is 10.8. The number of carbonyl (C=O) groups is 2. The first-order valence-corrected chi connectivity index (χ1v) is 3.33. The van der Waals surface area contributed by atoms with Gasteiger partial charge >= 0.3 is 0 Å². The van der Waals surface area contributed by atoms with E-state index in [-0.39, 0.29) is 18.4 Å². The van der Waals surface area contributed by atoms with E-state index < -0.39 is 6.10 Å². The van der Waals surface area contributed by atoms with Crippen molar-refractivity contribution in [1.29, 1.82) is 0 Å². The third-order valence-electron chi connectivity index (χ3n) is 1.35. The minimum absolute atomic E-state index is 0.0741. The van der Waals surface area contributed by atoms with Crippen LogP contribution in [-0.2, 0) is 9.59 Å². The monoisotopic (exact) mass is 155 g/mol. The largest absolute Gasteiger partial charge is 0.392 e. The fraction of sp³-hybridized carbons (Fsp3) is 0.429. The van der Waals surface area contributed by atoms with Crippen LogP contribution in [0.3, 0.4) is 0 Å². The molecular weight excluding hydrogens is 146 g/mol. The molecule has 1 atom stereocenters. The summed E-state index contributed by atoms with van der Waals surface area (Å²) >= 11 is 0. The molecular formula is C7H9NO3. The Labute approximate surface area is 64.1 Å². The standard InChI is InChI=1S/C7H9NO3/c1-5(9)4-8-6(10)2-3-7(8)11/h2-3,5,9H,4H2,1H3. The van der Waals surface area contributed by atoms with Gasteiger partial charge in [0.15, 0.2) is 0 Å². The van der Waals surface area contributed by atoms with Gasteiger partial charge in [0.2, 0.25) is 0 Å². The fourth-order valence-corrected chi connectivity index (χ4v) is 0.875. The van der Waals surface area contributed by atoms with Crippen LogP contribution in [0.15, 0.2) is 12.2 Å². The summed E-state index contributed by atoms with van der Waals surface area (Å²) in [4.78, 5) is 22.7. The second kappa shape index (κ2) is 2.84. The lowest BCUT2D eigenvalue weighted by Crippen LogP contribution is -2.35. The van der Waals surface area contributed by atoms with Crippen molar-refractivity contribution in [2.24, 2.45) is 0 Å². The van der Waals surface area contributed by atoms with E-state index in [1.807, 2.05) is 0 Å². The highest BCUT2D eigenvalue weighted by atomic mass is 16.3. The van der Waals surface area contributed by atoms with E-state index in [4.69, 9.17) is 5.11 Å². The lowest BCUT2D eigenvalue weighted by Gasteiger charge is -2.14. The number of hydrogen-bond donors (Lipinski definition) is 1. The third-order valence-corrected chi connectivity index (χ3v) is 1.35. The van der Waals surface area contributed by atoms with Gasteiger partial charge in [-0.3, -0.25) is 14.5 Å². The van der Waals surface area contributed by atoms with Crippen molar-refractivity contribution in [2.75, 3.05) is 6.54 Å². The molecule has 0 aromatic heterocycles. The highest BCUT2D eigenvalue weighted by Gasteiger charge is 2.23. The van der Waals surface area contributed by atoms with Crippen LogP contribution in [0.4, 0.5) is 0 Å². The SMILES string of the molecule is CC(O)CN1C(=O)C=CC1=O. The number of aliphatic hydroxyl groups excluding tert-OH is 1. The summed E-state index contributed by atoms with van der Waals surface area (Å²) in [5, 5.41) is 8.87. The zero-order valence-electron chi connectivity index (χ0n) is 6.15. The van der Waals surface area contributed by atoms with Crippen molar-refractivity contribution in [1.82, 2.24) is 4.90 Å². The van der Waals surface area contributed by atoms with Crippen LogP contribution in [0, 0.1) is 0 Å². The molecule has 1 aliphatic rings. The minimum Gasteiger partial charge on any atom is -0.392 e. The van der Waals surface area contributed by atoms with Gasteiger partial charge in [-0.15, -0.1) is 0 Å². The first-order chi connectivity index (χ1) is 5.11. The van der Waals surface area contributed by atoms with Crippen LogP contribution < -0.4 is 0 Å². The molecule has 1 unspecified atom stereocenters. The van der Waals surface area contributed by atoms with E-state index in [2.05, 4.69) is 0 Å². The molecule has 0 saturated heterocycles. The maximum Gasteiger partial charge on any atom is 0.253 e. The topological polar surface area (TPSA) is 57.6 Å². The number of hydrogen-bond acceptors (Lipinski definition) is 3. The van der Waals surface area contributed by atoms with Crippen molar-refractivity contribution in [3.8, 4) is 0 Å². The predicted octanol–water partition coefficient (Wildman–Crippen LogP) is -0.708. The van der Waals surface area contributed by atoms with E-state index in [9.17, 15) is 9.59 Å². The molecule has 0 aliphatic carbocycles. The Morgan fingerprint density at radius 2 is 1.91 bits per heavy atom. The first kappa shape index (κ1) is 7.94. The Bertz CT molecular complexity index is 202. The summed E-state index contributed by atoms with van der Waals surface area (Å²) in [6, 6.07) is 0. The molecule has 0 aromatic carbocycles. The van der Waals surface area contributed by atoms with Gasteiger partial charge in [0.1, 0.15) is 0 Å². The first-order valence-electron chi connectivity index (χ1n) is 3.33. The van der Waals surface area contributed by atoms with Gasteiger partial charge in [0.25, 0.3) is 11.8 Å². The van der Waals surface area contributed by atoms with Gasteiger partial charge in [-0.2, -0.15) is 0 Å². The number of carbonyl (C=O) groups excluding carboxylic acids is 2. The zero-order valence-corrected chi connectivity index (χ0v) is 6.15. The summed E-state index contributed by atoms with van der Waals surface area (Å²) in [7, 11) is 0. The second-order valence-corrected chi connectivity index (χ2v) is 2.47. The molecule has 11 heavy (non-hydrogen) atoms. The Balaban J connectivity index is 2.59. The van der Waals surface area contributed by atoms with Crippen LogP contribution in [0.5, 0.6) is 0 Å². The van der Waals surface area contributed by atoms with E-state index >= 15 is 0 Å². The smallest absolute Gasteiger partial charge is 0.253 e. The number of amides is 2.